The molecule has 0 unspecified atom stereocenters. The maximum absolute atomic E-state index is 11.5. The van der Waals surface area contributed by atoms with Crippen molar-refractivity contribution in [2.45, 2.75) is 25.7 Å². The van der Waals surface area contributed by atoms with Crippen molar-refractivity contribution in [3.63, 3.8) is 0 Å². The quantitative estimate of drug-likeness (QED) is 0.0797. The number of pyridine rings is 4. The van der Waals surface area contributed by atoms with E-state index < -0.39 is 46.0 Å². The number of para-hydroxylation sites is 4. The number of hydrogen-bond donors (Lipinski definition) is 0. The molecule has 8 aromatic rings. The molecule has 19 heteroatoms. The van der Waals surface area contributed by atoms with Gasteiger partial charge in [0.05, 0.1) is 0 Å². The van der Waals surface area contributed by atoms with Crippen LogP contribution in [0.1, 0.15) is 47.9 Å². The Labute approximate surface area is 487 Å². The van der Waals surface area contributed by atoms with Crippen LogP contribution in [0.15, 0.2) is 215 Å². The van der Waals surface area contributed by atoms with Gasteiger partial charge in [-0.1, -0.05) is 97.1 Å². The molecule has 4 aromatic heterocycles. The van der Waals surface area contributed by atoms with Gasteiger partial charge in [0.25, 0.3) is 0 Å². The van der Waals surface area contributed by atoms with E-state index in [2.05, 4.69) is 39.9 Å². The standard InChI is InChI=1S/2C18H20N2O4.4C5H5N.U.2Zn/c2*21-15-7-3-5-13(17(15)23)11-19-9-1-2-10-20-12-14-6-4-8-16(22)18(14)24;4*1-2-4-6-5-3-1;;;/h2*3-8,11-12,21-24H,1-2,9-10H2;4*1-5H;;;/q;;;;;;+4;2*+2/p-8. The molecule has 0 atom stereocenters. The average molecular weight is 1330 g/mol. The Hall–Kier alpha value is -7.14. The molecular weight excluding hydrogens is 1280 g/mol. The van der Waals surface area contributed by atoms with Crippen LogP contribution in [0.2, 0.25) is 0 Å². The van der Waals surface area contributed by atoms with Gasteiger partial charge < -0.3 is 40.9 Å². The third kappa shape index (κ3) is 31.3. The minimum Gasteiger partial charge on any atom is -0.873 e. The van der Waals surface area contributed by atoms with Crippen molar-refractivity contribution in [2.75, 3.05) is 26.2 Å². The Bertz CT molecular complexity index is 2290. The van der Waals surface area contributed by atoms with Crippen LogP contribution in [-0.2, 0) is 39.0 Å². The molecule has 372 valence electrons. The van der Waals surface area contributed by atoms with Gasteiger partial charge in [-0.05, 0) is 96.5 Å². The number of aliphatic imine (C=N–C) groups is 4. The molecule has 4 heterocycles. The van der Waals surface area contributed by atoms with Crippen LogP contribution in [0.25, 0.3) is 0 Å². The van der Waals surface area contributed by atoms with E-state index in [-0.39, 0.29) is 70.1 Å². The van der Waals surface area contributed by atoms with Crippen molar-refractivity contribution in [1.29, 1.82) is 0 Å². The summed E-state index contributed by atoms with van der Waals surface area (Å²) in [6.45, 7) is 2.06. The SMILES string of the molecule is [O-]c1cccc(C=NCCCCN=Cc2cccc([O-])c2[O-])c1[O-].[O-]c1cccc(C=NCCCCN=Cc2cccc([O-])c2[O-])c1[O-].[U+4].[Zn+2].[Zn+2].c1ccncc1.c1ccncc1.c1ccncc1.c1ccncc1. The van der Waals surface area contributed by atoms with Crippen molar-refractivity contribution in [3.05, 3.63) is 217 Å². The van der Waals surface area contributed by atoms with E-state index >= 15 is 0 Å². The third-order valence-electron chi connectivity index (χ3n) is 8.87. The van der Waals surface area contributed by atoms with Gasteiger partial charge >= 0.3 is 70.1 Å². The van der Waals surface area contributed by atoms with Crippen molar-refractivity contribution >= 4 is 24.9 Å². The fourth-order valence-electron chi connectivity index (χ4n) is 5.25. The monoisotopic (exact) mass is 1330 g/mol. The Kier molecular flexibility index (Phi) is 40.1. The summed E-state index contributed by atoms with van der Waals surface area (Å²) in [4.78, 5) is 31.6. The smallest absolute Gasteiger partial charge is 0.873 e. The predicted octanol–water partition coefficient (Wildman–Crippen LogP) is 4.92. The second-order valence-electron chi connectivity index (χ2n) is 14.4. The molecule has 0 radical (unpaired) electrons. The first-order chi connectivity index (χ1) is 35.2. The van der Waals surface area contributed by atoms with Gasteiger partial charge in [-0.3, -0.25) is 39.9 Å². The molecule has 0 aliphatic heterocycles. The summed E-state index contributed by atoms with van der Waals surface area (Å²) in [6.07, 6.45) is 22.7. The molecular formula is C56H52N8O8UZn2. The van der Waals surface area contributed by atoms with E-state index in [4.69, 9.17) is 0 Å². The predicted molar refractivity (Wildman–Crippen MR) is 267 cm³/mol. The van der Waals surface area contributed by atoms with Crippen LogP contribution >= 0.6 is 0 Å². The van der Waals surface area contributed by atoms with Crippen molar-refractivity contribution in [2.24, 2.45) is 20.0 Å². The molecule has 0 saturated carbocycles. The second kappa shape index (κ2) is 44.4. The fraction of sp³-hybridized carbons (Fsp3) is 0.143. The summed E-state index contributed by atoms with van der Waals surface area (Å²) in [5.41, 5.74) is 1.17. The summed E-state index contributed by atoms with van der Waals surface area (Å²) in [7, 11) is 0. The van der Waals surface area contributed by atoms with Gasteiger partial charge in [-0.15, -0.1) is 46.0 Å². The molecule has 0 bridgehead atoms. The zero-order chi connectivity index (χ0) is 51.7. The van der Waals surface area contributed by atoms with Gasteiger partial charge in [0.2, 0.25) is 0 Å². The third-order valence-corrected chi connectivity index (χ3v) is 8.87. The number of aromatic nitrogens is 4. The molecule has 75 heavy (non-hydrogen) atoms. The van der Waals surface area contributed by atoms with Gasteiger partial charge in [0, 0.05) is 101 Å². The summed E-state index contributed by atoms with van der Waals surface area (Å²) in [5, 5.41) is 90.7. The van der Waals surface area contributed by atoms with Crippen LogP contribution in [0, 0.1) is 31.1 Å². The average Bonchev–Trinajstić information content (AvgIpc) is 3.43. The number of nitrogens with zero attached hydrogens (tertiary/aromatic N) is 8. The molecule has 0 saturated heterocycles. The van der Waals surface area contributed by atoms with E-state index in [1.165, 1.54) is 73.4 Å². The van der Waals surface area contributed by atoms with Crippen molar-refractivity contribution in [3.8, 4) is 46.0 Å². The Morgan fingerprint density at radius 1 is 0.280 bits per heavy atom. The molecule has 8 rings (SSSR count). The number of benzene rings is 4. The van der Waals surface area contributed by atoms with Crippen molar-refractivity contribution in [1.82, 2.24) is 19.9 Å². The molecule has 0 amide bonds. The summed E-state index contributed by atoms with van der Waals surface area (Å²) in [5.74, 6) is -4.30. The minimum atomic E-state index is -0.542. The van der Waals surface area contributed by atoms with Gasteiger partial charge in [-0.25, -0.2) is 0 Å². The van der Waals surface area contributed by atoms with E-state index in [0.29, 0.717) is 48.4 Å². The van der Waals surface area contributed by atoms with E-state index in [1.54, 1.807) is 73.8 Å². The van der Waals surface area contributed by atoms with Crippen LogP contribution in [-0.4, -0.2) is 71.0 Å². The second-order valence-corrected chi connectivity index (χ2v) is 14.4. The first kappa shape index (κ1) is 67.9. The first-order valence-corrected chi connectivity index (χ1v) is 22.5. The fourth-order valence-corrected chi connectivity index (χ4v) is 5.25. The molecule has 0 aliphatic carbocycles. The van der Waals surface area contributed by atoms with E-state index in [0.717, 1.165) is 25.7 Å². The first-order valence-electron chi connectivity index (χ1n) is 22.5. The van der Waals surface area contributed by atoms with Crippen LogP contribution in [0.4, 0.5) is 0 Å². The van der Waals surface area contributed by atoms with Crippen LogP contribution in [0.5, 0.6) is 46.0 Å². The minimum absolute atomic E-state index is 0. The Morgan fingerprint density at radius 2 is 0.467 bits per heavy atom. The molecule has 0 spiro atoms. The molecule has 0 N–H and O–H groups in total. The van der Waals surface area contributed by atoms with E-state index in [1.807, 2.05) is 72.8 Å². The summed E-state index contributed by atoms with van der Waals surface area (Å²) < 4.78 is 0. The Balaban J connectivity index is 0.000000983. The molecule has 4 aromatic carbocycles. The van der Waals surface area contributed by atoms with Crippen molar-refractivity contribution < 1.29 is 111 Å². The van der Waals surface area contributed by atoms with Gasteiger partial charge in [0.1, 0.15) is 0 Å². The zero-order valence-electron chi connectivity index (χ0n) is 41.2. The van der Waals surface area contributed by atoms with Gasteiger partial charge in [0.15, 0.2) is 0 Å². The molecule has 0 fully saturated rings. The van der Waals surface area contributed by atoms with Gasteiger partial charge in [-0.2, -0.15) is 0 Å². The van der Waals surface area contributed by atoms with Crippen LogP contribution < -0.4 is 40.9 Å². The number of hydrogen-bond acceptors (Lipinski definition) is 16. The zero-order valence-corrected chi connectivity index (χ0v) is 51.3. The molecule has 16 nitrogen and oxygen atoms in total. The maximum Gasteiger partial charge on any atom is 4.00 e. The summed E-state index contributed by atoms with van der Waals surface area (Å²) >= 11 is 0. The Morgan fingerprint density at radius 3 is 0.613 bits per heavy atom. The normalized spacial score (nSPS) is 9.92. The number of rotatable bonds is 14. The number of unbranched alkanes of at least 4 members (excludes halogenated alkanes) is 2. The van der Waals surface area contributed by atoms with Crippen LogP contribution in [0.3, 0.4) is 0 Å². The van der Waals surface area contributed by atoms with E-state index in [9.17, 15) is 40.9 Å². The maximum atomic E-state index is 11.5. The summed E-state index contributed by atoms with van der Waals surface area (Å²) in [6, 6.07) is 40.1. The largest absolute Gasteiger partial charge is 4.00 e. The molecule has 0 aliphatic rings. The topological polar surface area (TPSA) is 285 Å².